The second kappa shape index (κ2) is 7.76. The maximum absolute atomic E-state index is 12.1. The number of hydrogen-bond acceptors (Lipinski definition) is 4. The third-order valence-corrected chi connectivity index (χ3v) is 4.82. The molecule has 1 atom stereocenters. The van der Waals surface area contributed by atoms with Gasteiger partial charge >= 0.3 is 0 Å². The van der Waals surface area contributed by atoms with Gasteiger partial charge in [0.15, 0.2) is 11.7 Å². The topological polar surface area (TPSA) is 66.7 Å². The molecule has 7 heteroatoms. The van der Waals surface area contributed by atoms with Crippen molar-refractivity contribution in [2.45, 2.75) is 32.4 Å². The van der Waals surface area contributed by atoms with Crippen molar-refractivity contribution in [2.24, 2.45) is 0 Å². The Morgan fingerprint density at radius 2 is 2.04 bits per heavy atom. The first-order chi connectivity index (χ1) is 12.0. The number of rotatable bonds is 7. The molecule has 0 bridgehead atoms. The van der Waals surface area contributed by atoms with Crippen LogP contribution in [0.4, 0.5) is 10.8 Å². The lowest BCUT2D eigenvalue weighted by Crippen LogP contribution is -3.09. The largest absolute Gasteiger partial charge is 0.348 e. The van der Waals surface area contributed by atoms with Gasteiger partial charge in [0.1, 0.15) is 12.2 Å². The summed E-state index contributed by atoms with van der Waals surface area (Å²) in [5.74, 6) is 0.0155. The number of nitrogens with one attached hydrogen (secondary N) is 2. The molecule has 0 spiro atoms. The van der Waals surface area contributed by atoms with E-state index >= 15 is 0 Å². The Kier molecular flexibility index (Phi) is 5.45. The number of anilines is 2. The standard InChI is InChI=1S/C18H22N4O2S/c1-13(23)22(16-6-4-3-5-7-16)18-20-15(12-25-18)10-21(2)11-17(24)19-14-8-9-14/h3-7,12,14H,8-11H2,1-2H3,(H,19,24)/p+1. The number of carbonyl (C=O) groups is 2. The Balaban J connectivity index is 1.64. The van der Waals surface area contributed by atoms with E-state index in [0.717, 1.165) is 29.1 Å². The number of hydrogen-bond donors (Lipinski definition) is 2. The minimum Gasteiger partial charge on any atom is -0.348 e. The monoisotopic (exact) mass is 359 g/mol. The number of para-hydroxylation sites is 1. The summed E-state index contributed by atoms with van der Waals surface area (Å²) in [6.07, 6.45) is 2.20. The summed E-state index contributed by atoms with van der Waals surface area (Å²) in [6, 6.07) is 9.89. The van der Waals surface area contributed by atoms with Crippen LogP contribution in [0, 0.1) is 0 Å². The smallest absolute Gasteiger partial charge is 0.275 e. The lowest BCUT2D eigenvalue weighted by atomic mass is 10.3. The van der Waals surface area contributed by atoms with Crippen molar-refractivity contribution in [1.82, 2.24) is 10.3 Å². The van der Waals surface area contributed by atoms with Crippen molar-refractivity contribution in [3.8, 4) is 0 Å². The molecule has 1 aromatic carbocycles. The number of amides is 2. The molecule has 0 radical (unpaired) electrons. The maximum atomic E-state index is 12.1. The van der Waals surface area contributed by atoms with E-state index in [1.54, 1.807) is 4.90 Å². The summed E-state index contributed by atoms with van der Waals surface area (Å²) in [5.41, 5.74) is 1.69. The van der Waals surface area contributed by atoms with Crippen LogP contribution in [0.5, 0.6) is 0 Å². The van der Waals surface area contributed by atoms with E-state index in [4.69, 9.17) is 0 Å². The first-order valence-electron chi connectivity index (χ1n) is 8.43. The third kappa shape index (κ3) is 4.87. The van der Waals surface area contributed by atoms with Crippen LogP contribution in [-0.2, 0) is 16.1 Å². The van der Waals surface area contributed by atoms with Crippen molar-refractivity contribution in [1.29, 1.82) is 0 Å². The summed E-state index contributed by atoms with van der Waals surface area (Å²) >= 11 is 1.44. The highest BCUT2D eigenvalue weighted by Gasteiger charge is 2.25. The van der Waals surface area contributed by atoms with E-state index < -0.39 is 0 Å². The fourth-order valence-electron chi connectivity index (χ4n) is 2.64. The predicted molar refractivity (Wildman–Crippen MR) is 98.0 cm³/mol. The summed E-state index contributed by atoms with van der Waals surface area (Å²) < 4.78 is 0. The van der Waals surface area contributed by atoms with Gasteiger partial charge in [0.2, 0.25) is 5.91 Å². The molecular weight excluding hydrogens is 336 g/mol. The van der Waals surface area contributed by atoms with Crippen molar-refractivity contribution in [3.63, 3.8) is 0 Å². The van der Waals surface area contributed by atoms with E-state index in [1.165, 1.54) is 18.3 Å². The number of aromatic nitrogens is 1. The fourth-order valence-corrected chi connectivity index (χ4v) is 3.52. The lowest BCUT2D eigenvalue weighted by molar-refractivity contribution is -0.885. The van der Waals surface area contributed by atoms with E-state index in [0.29, 0.717) is 24.3 Å². The minimum atomic E-state index is -0.0726. The number of thiazole rings is 1. The van der Waals surface area contributed by atoms with Crippen molar-refractivity contribution >= 4 is 34.0 Å². The van der Waals surface area contributed by atoms with Gasteiger partial charge in [-0.25, -0.2) is 4.98 Å². The van der Waals surface area contributed by atoms with Gasteiger partial charge in [0.25, 0.3) is 5.91 Å². The highest BCUT2D eigenvalue weighted by molar-refractivity contribution is 7.14. The van der Waals surface area contributed by atoms with Crippen LogP contribution in [0.15, 0.2) is 35.7 Å². The predicted octanol–water partition coefficient (Wildman–Crippen LogP) is 1.12. The zero-order valence-corrected chi connectivity index (χ0v) is 15.3. The van der Waals surface area contributed by atoms with Crippen LogP contribution in [-0.4, -0.2) is 36.4 Å². The SMILES string of the molecule is CC(=O)N(c1ccccc1)c1nc(C[NH+](C)CC(=O)NC2CC2)cs1. The molecule has 2 N–H and O–H groups in total. The van der Waals surface area contributed by atoms with E-state index in [2.05, 4.69) is 10.3 Å². The fraction of sp³-hybridized carbons (Fsp3) is 0.389. The molecule has 6 nitrogen and oxygen atoms in total. The van der Waals surface area contributed by atoms with E-state index in [9.17, 15) is 9.59 Å². The first-order valence-corrected chi connectivity index (χ1v) is 9.31. The van der Waals surface area contributed by atoms with Crippen molar-refractivity contribution in [2.75, 3.05) is 18.5 Å². The van der Waals surface area contributed by atoms with E-state index in [-0.39, 0.29) is 11.8 Å². The number of quaternary nitrogens is 1. The summed E-state index contributed by atoms with van der Waals surface area (Å²) in [6.45, 7) is 2.61. The molecule has 0 saturated heterocycles. The Bertz CT molecular complexity index is 743. The van der Waals surface area contributed by atoms with Gasteiger partial charge in [-0.2, -0.15) is 0 Å². The second-order valence-electron chi connectivity index (χ2n) is 6.46. The summed E-state index contributed by atoms with van der Waals surface area (Å²) in [4.78, 5) is 31.2. The number of carbonyl (C=O) groups excluding carboxylic acids is 2. The molecule has 2 aromatic rings. The molecular formula is C18H23N4O2S+. The average molecular weight is 359 g/mol. The van der Waals surface area contributed by atoms with Gasteiger partial charge in [-0.3, -0.25) is 14.5 Å². The highest BCUT2D eigenvalue weighted by atomic mass is 32.1. The van der Waals surface area contributed by atoms with Crippen molar-refractivity contribution in [3.05, 3.63) is 41.4 Å². The third-order valence-electron chi connectivity index (χ3n) is 3.95. The molecule has 3 rings (SSSR count). The van der Waals surface area contributed by atoms with Crippen LogP contribution in [0.1, 0.15) is 25.5 Å². The Hall–Kier alpha value is -2.25. The van der Waals surface area contributed by atoms with Crippen LogP contribution in [0.25, 0.3) is 0 Å². The summed E-state index contributed by atoms with van der Waals surface area (Å²) in [5, 5.41) is 5.61. The normalized spacial score (nSPS) is 14.8. The van der Waals surface area contributed by atoms with Crippen LogP contribution in [0.2, 0.25) is 0 Å². The van der Waals surface area contributed by atoms with Gasteiger partial charge in [-0.15, -0.1) is 11.3 Å². The summed E-state index contributed by atoms with van der Waals surface area (Å²) in [7, 11) is 1.98. The Morgan fingerprint density at radius 1 is 1.32 bits per heavy atom. The molecule has 25 heavy (non-hydrogen) atoms. The zero-order valence-electron chi connectivity index (χ0n) is 14.5. The lowest BCUT2D eigenvalue weighted by Gasteiger charge is -2.17. The minimum absolute atomic E-state index is 0.0726. The molecule has 1 aromatic heterocycles. The van der Waals surface area contributed by atoms with Gasteiger partial charge in [-0.1, -0.05) is 18.2 Å². The van der Waals surface area contributed by atoms with Gasteiger partial charge in [0, 0.05) is 18.3 Å². The molecule has 1 aliphatic carbocycles. The van der Waals surface area contributed by atoms with Gasteiger partial charge in [0.05, 0.1) is 12.7 Å². The molecule has 132 valence electrons. The number of benzene rings is 1. The maximum Gasteiger partial charge on any atom is 0.275 e. The van der Waals surface area contributed by atoms with Gasteiger partial charge in [-0.05, 0) is 25.0 Å². The van der Waals surface area contributed by atoms with E-state index in [1.807, 2.05) is 42.8 Å². The highest BCUT2D eigenvalue weighted by Crippen LogP contribution is 2.28. The Labute approximate surface area is 151 Å². The first kappa shape index (κ1) is 17.6. The average Bonchev–Trinajstić information content (AvgIpc) is 3.25. The number of nitrogens with zero attached hydrogens (tertiary/aromatic N) is 2. The zero-order chi connectivity index (χ0) is 17.8. The molecule has 1 unspecified atom stereocenters. The molecule has 1 fully saturated rings. The van der Waals surface area contributed by atoms with Crippen LogP contribution < -0.4 is 15.1 Å². The number of likely N-dealkylation sites (N-methyl/N-ethyl adjacent to an activating group) is 1. The van der Waals surface area contributed by atoms with Crippen molar-refractivity contribution < 1.29 is 14.5 Å². The molecule has 0 aliphatic heterocycles. The van der Waals surface area contributed by atoms with Crippen LogP contribution >= 0.6 is 11.3 Å². The molecule has 1 saturated carbocycles. The molecule has 1 heterocycles. The Morgan fingerprint density at radius 3 is 2.68 bits per heavy atom. The molecule has 2 amide bonds. The second-order valence-corrected chi connectivity index (χ2v) is 7.30. The quantitative estimate of drug-likeness (QED) is 0.779. The van der Waals surface area contributed by atoms with Gasteiger partial charge < -0.3 is 10.2 Å². The molecule has 1 aliphatic rings. The van der Waals surface area contributed by atoms with Crippen LogP contribution in [0.3, 0.4) is 0 Å².